The molecule has 1 aromatic heterocycles. The summed E-state index contributed by atoms with van der Waals surface area (Å²) in [6.07, 6.45) is -0.783. The van der Waals surface area contributed by atoms with E-state index in [1.165, 1.54) is 15.9 Å². The maximum Gasteiger partial charge on any atom is 0.416 e. The summed E-state index contributed by atoms with van der Waals surface area (Å²) < 4.78 is 57.3. The maximum absolute atomic E-state index is 14.5. The molecular weight excluding hydrogens is 587 g/mol. The van der Waals surface area contributed by atoms with Crippen LogP contribution in [0, 0.1) is 0 Å². The zero-order chi connectivity index (χ0) is 32.5. The molecular formula is C33H38F3N5O4. The van der Waals surface area contributed by atoms with E-state index in [2.05, 4.69) is 10.2 Å². The number of anilines is 1. The normalized spacial score (nSPS) is 22.5. The summed E-state index contributed by atoms with van der Waals surface area (Å²) in [5.41, 5.74) is -1.79. The molecule has 2 fully saturated rings. The van der Waals surface area contributed by atoms with E-state index in [9.17, 15) is 22.8 Å². The van der Waals surface area contributed by atoms with Gasteiger partial charge >= 0.3 is 12.3 Å². The number of hydrogen-bond acceptors (Lipinski definition) is 6. The standard InChI is InChI=1S/C33H38F3N5O4/c1-20-16-32(44-20,28-38-37-19-39(28)6)22-9-7-10-23(15-22)40-18-25-24(27(40)42)13-21(14-26(25)33(34,35)36)17-41(31(5)11-8-12-31)29(43)45-30(2,3)4/h7,9-10,13-15,19-20H,8,11-12,16-18H2,1-6H3/t20-,32+/m0/s1. The van der Waals surface area contributed by atoms with Crippen molar-refractivity contribution in [2.45, 2.75) is 102 Å². The first kappa shape index (κ1) is 31.1. The molecule has 2 aromatic carbocycles. The summed E-state index contributed by atoms with van der Waals surface area (Å²) in [5.74, 6) is 0.0660. The van der Waals surface area contributed by atoms with Gasteiger partial charge in [0, 0.05) is 36.8 Å². The minimum Gasteiger partial charge on any atom is -0.444 e. The van der Waals surface area contributed by atoms with Crippen LogP contribution < -0.4 is 4.90 Å². The van der Waals surface area contributed by atoms with Crippen molar-refractivity contribution in [3.05, 3.63) is 76.4 Å². The molecule has 9 nitrogen and oxygen atoms in total. The molecule has 2 atom stereocenters. The van der Waals surface area contributed by atoms with Gasteiger partial charge in [-0.25, -0.2) is 4.79 Å². The number of amides is 2. The average molecular weight is 626 g/mol. The van der Waals surface area contributed by atoms with Crippen molar-refractivity contribution in [2.24, 2.45) is 7.05 Å². The number of ether oxygens (including phenoxy) is 2. The van der Waals surface area contributed by atoms with E-state index >= 15 is 0 Å². The zero-order valence-electron chi connectivity index (χ0n) is 26.4. The molecule has 1 saturated carbocycles. The lowest BCUT2D eigenvalue weighted by molar-refractivity contribution is -0.184. The second kappa shape index (κ2) is 10.6. The van der Waals surface area contributed by atoms with Crippen molar-refractivity contribution in [3.63, 3.8) is 0 Å². The van der Waals surface area contributed by atoms with Gasteiger partial charge in [-0.2, -0.15) is 13.2 Å². The number of nitrogens with zero attached hydrogens (tertiary/aromatic N) is 5. The summed E-state index contributed by atoms with van der Waals surface area (Å²) in [6, 6.07) is 9.67. The van der Waals surface area contributed by atoms with E-state index in [0.717, 1.165) is 18.1 Å². The Bertz CT molecular complexity index is 1650. The molecule has 0 radical (unpaired) electrons. The highest BCUT2D eigenvalue weighted by Crippen LogP contribution is 2.48. The summed E-state index contributed by atoms with van der Waals surface area (Å²) >= 11 is 0. The van der Waals surface area contributed by atoms with Crippen molar-refractivity contribution in [1.82, 2.24) is 19.7 Å². The lowest BCUT2D eigenvalue weighted by Crippen LogP contribution is -2.54. The van der Waals surface area contributed by atoms with E-state index in [-0.39, 0.29) is 35.9 Å². The maximum atomic E-state index is 14.5. The molecule has 3 aromatic rings. The Hall–Kier alpha value is -3.93. The second-order valence-corrected chi connectivity index (χ2v) is 13.8. The molecule has 3 aliphatic rings. The highest BCUT2D eigenvalue weighted by atomic mass is 19.4. The van der Waals surface area contributed by atoms with Crippen molar-refractivity contribution < 1.29 is 32.2 Å². The van der Waals surface area contributed by atoms with Gasteiger partial charge in [0.05, 0.1) is 18.2 Å². The SMILES string of the molecule is C[C@H]1C[C@@](c2cccc(N3Cc4c(cc(CN(C(=O)OC(C)(C)C)C5(C)CCC5)cc4C(F)(F)F)C3=O)c2)(c2nncn2C)O1. The Morgan fingerprint density at radius 1 is 1.18 bits per heavy atom. The fraction of sp³-hybridized carbons (Fsp3) is 0.515. The van der Waals surface area contributed by atoms with Crippen LogP contribution in [-0.2, 0) is 41.4 Å². The lowest BCUT2D eigenvalue weighted by Gasteiger charge is -2.47. The van der Waals surface area contributed by atoms with Crippen LogP contribution in [0.5, 0.6) is 0 Å². The van der Waals surface area contributed by atoms with Crippen LogP contribution in [0.3, 0.4) is 0 Å². The minimum atomic E-state index is -4.71. The van der Waals surface area contributed by atoms with Crippen LogP contribution >= 0.6 is 0 Å². The highest BCUT2D eigenvalue weighted by molar-refractivity contribution is 6.10. The Labute approximate surface area is 260 Å². The molecule has 3 heterocycles. The van der Waals surface area contributed by atoms with Gasteiger partial charge in [-0.1, -0.05) is 12.1 Å². The molecule has 1 aliphatic carbocycles. The number of alkyl halides is 3. The van der Waals surface area contributed by atoms with Gasteiger partial charge in [-0.05, 0) is 94.8 Å². The molecule has 2 amide bonds. The Morgan fingerprint density at radius 2 is 1.89 bits per heavy atom. The predicted octanol–water partition coefficient (Wildman–Crippen LogP) is 6.73. The third-order valence-electron chi connectivity index (χ3n) is 9.12. The molecule has 2 aliphatic heterocycles. The predicted molar refractivity (Wildman–Crippen MR) is 159 cm³/mol. The van der Waals surface area contributed by atoms with Crippen LogP contribution in [-0.4, -0.2) is 48.9 Å². The molecule has 240 valence electrons. The fourth-order valence-corrected chi connectivity index (χ4v) is 6.73. The number of rotatable bonds is 6. The quantitative estimate of drug-likeness (QED) is 0.302. The molecule has 1 saturated heterocycles. The summed E-state index contributed by atoms with van der Waals surface area (Å²) in [7, 11) is 1.82. The highest BCUT2D eigenvalue weighted by Gasteiger charge is 2.50. The molecule has 6 rings (SSSR count). The van der Waals surface area contributed by atoms with Crippen LogP contribution in [0.25, 0.3) is 0 Å². The van der Waals surface area contributed by atoms with E-state index in [0.29, 0.717) is 30.8 Å². The van der Waals surface area contributed by atoms with Gasteiger partial charge in [-0.3, -0.25) is 9.69 Å². The fourth-order valence-electron chi connectivity index (χ4n) is 6.73. The van der Waals surface area contributed by atoms with Gasteiger partial charge in [-0.15, -0.1) is 10.2 Å². The van der Waals surface area contributed by atoms with E-state index in [1.54, 1.807) is 49.9 Å². The first-order valence-corrected chi connectivity index (χ1v) is 15.2. The molecule has 0 unspecified atom stereocenters. The number of carbonyl (C=O) groups is 2. The Balaban J connectivity index is 1.35. The lowest BCUT2D eigenvalue weighted by atomic mass is 9.77. The summed E-state index contributed by atoms with van der Waals surface area (Å²) in [6.45, 7) is 8.76. The Kier molecular flexibility index (Phi) is 7.30. The van der Waals surface area contributed by atoms with Gasteiger partial charge in [0.2, 0.25) is 0 Å². The summed E-state index contributed by atoms with van der Waals surface area (Å²) in [4.78, 5) is 30.0. The van der Waals surface area contributed by atoms with E-state index in [4.69, 9.17) is 9.47 Å². The summed E-state index contributed by atoms with van der Waals surface area (Å²) in [5, 5.41) is 8.27. The number of benzene rings is 2. The number of halogens is 3. The third-order valence-corrected chi connectivity index (χ3v) is 9.12. The van der Waals surface area contributed by atoms with Crippen LogP contribution in [0.4, 0.5) is 23.7 Å². The van der Waals surface area contributed by atoms with Crippen LogP contribution in [0.15, 0.2) is 42.7 Å². The van der Waals surface area contributed by atoms with Gasteiger partial charge in [0.25, 0.3) is 5.91 Å². The van der Waals surface area contributed by atoms with E-state index in [1.807, 2.05) is 27.0 Å². The average Bonchev–Trinajstić information content (AvgIpc) is 3.49. The van der Waals surface area contributed by atoms with Crippen molar-refractivity contribution in [2.75, 3.05) is 4.90 Å². The van der Waals surface area contributed by atoms with Gasteiger partial charge in [0.15, 0.2) is 11.4 Å². The molecule has 0 spiro atoms. The molecule has 0 N–H and O–H groups in total. The molecule has 45 heavy (non-hydrogen) atoms. The number of aryl methyl sites for hydroxylation is 1. The first-order chi connectivity index (χ1) is 21.0. The number of aromatic nitrogens is 3. The largest absolute Gasteiger partial charge is 0.444 e. The monoisotopic (exact) mass is 625 g/mol. The van der Waals surface area contributed by atoms with Gasteiger partial charge < -0.3 is 18.9 Å². The third kappa shape index (κ3) is 5.47. The molecule has 0 bridgehead atoms. The van der Waals surface area contributed by atoms with Crippen LogP contribution in [0.2, 0.25) is 0 Å². The molecule has 12 heteroatoms. The second-order valence-electron chi connectivity index (χ2n) is 13.8. The van der Waals surface area contributed by atoms with E-state index < -0.39 is 40.5 Å². The minimum absolute atomic E-state index is 0.0235. The number of carbonyl (C=O) groups excluding carboxylic acids is 2. The zero-order valence-corrected chi connectivity index (χ0v) is 26.4. The van der Waals surface area contributed by atoms with Crippen molar-refractivity contribution in [3.8, 4) is 0 Å². The Morgan fingerprint density at radius 3 is 2.44 bits per heavy atom. The van der Waals surface area contributed by atoms with Crippen molar-refractivity contribution in [1.29, 1.82) is 0 Å². The van der Waals surface area contributed by atoms with Crippen molar-refractivity contribution >= 4 is 17.7 Å². The topological polar surface area (TPSA) is 89.8 Å². The van der Waals surface area contributed by atoms with Crippen LogP contribution in [0.1, 0.15) is 98.7 Å². The van der Waals surface area contributed by atoms with Gasteiger partial charge in [0.1, 0.15) is 11.9 Å². The number of hydrogen-bond donors (Lipinski definition) is 0. The first-order valence-electron chi connectivity index (χ1n) is 15.2. The smallest absolute Gasteiger partial charge is 0.416 e. The number of fused-ring (bicyclic) bond motifs is 1.